The summed E-state index contributed by atoms with van der Waals surface area (Å²) in [5.74, 6) is -0.618. The topological polar surface area (TPSA) is 163 Å². The van der Waals surface area contributed by atoms with E-state index in [9.17, 15) is 14.4 Å². The number of carbonyl (C=O) groups excluding carboxylic acids is 2. The molecule has 0 rings (SSSR count). The van der Waals surface area contributed by atoms with Crippen LogP contribution in [0.4, 0.5) is 9.59 Å². The van der Waals surface area contributed by atoms with E-state index in [4.69, 9.17) is 20.1 Å². The molecule has 0 bridgehead atoms. The maximum absolute atomic E-state index is 11.6. The Bertz CT molecular complexity index is 452. The average Bonchev–Trinajstić information content (AvgIpc) is 2.53. The van der Waals surface area contributed by atoms with E-state index in [1.165, 1.54) is 0 Å². The van der Waals surface area contributed by atoms with Crippen LogP contribution in [-0.4, -0.2) is 55.6 Å². The van der Waals surface area contributed by atoms with E-state index in [1.807, 2.05) is 0 Å². The number of carbonyl (C=O) groups is 3. The van der Waals surface area contributed by atoms with Gasteiger partial charge in [0, 0.05) is 18.0 Å². The first-order valence-electron chi connectivity index (χ1n) is 7.58. The van der Waals surface area contributed by atoms with Crippen LogP contribution in [0.1, 0.15) is 32.6 Å². The third-order valence-electron chi connectivity index (χ3n) is 2.76. The third-order valence-corrected chi connectivity index (χ3v) is 2.76. The molecule has 0 aromatic rings. The molecule has 0 heterocycles. The van der Waals surface area contributed by atoms with Gasteiger partial charge in [0.2, 0.25) is 0 Å². The second kappa shape index (κ2) is 13.9. The SMILES string of the molecule is CCOC(=O)[C@@H](CCCCNC(=O)OCCCN=[N+]=[N-])NC(=O)O. The van der Waals surface area contributed by atoms with Gasteiger partial charge in [-0.05, 0) is 38.1 Å². The highest BCUT2D eigenvalue weighted by molar-refractivity contribution is 5.80. The zero-order valence-corrected chi connectivity index (χ0v) is 13.6. The lowest BCUT2D eigenvalue weighted by atomic mass is 10.1. The standard InChI is InChI=1S/C13H23N5O6/c1-2-23-11(19)10(17-12(20)21)6-3-4-7-15-13(22)24-9-5-8-16-18-14/h10,17H,2-9H2,1H3,(H,15,22)(H,20,21)/t10-/m1/s1. The minimum Gasteiger partial charge on any atom is -0.465 e. The number of azide groups is 1. The fraction of sp³-hybridized carbons (Fsp3) is 0.769. The molecule has 0 radical (unpaired) electrons. The lowest BCUT2D eigenvalue weighted by Gasteiger charge is -2.15. The zero-order valence-electron chi connectivity index (χ0n) is 13.6. The van der Waals surface area contributed by atoms with Crippen molar-refractivity contribution in [3.05, 3.63) is 10.4 Å². The highest BCUT2D eigenvalue weighted by Gasteiger charge is 2.21. The van der Waals surface area contributed by atoms with Crippen molar-refractivity contribution in [3.63, 3.8) is 0 Å². The number of esters is 1. The fourth-order valence-electron chi connectivity index (χ4n) is 1.70. The zero-order chi connectivity index (χ0) is 18.2. The molecular weight excluding hydrogens is 322 g/mol. The van der Waals surface area contributed by atoms with Gasteiger partial charge in [-0.1, -0.05) is 5.11 Å². The van der Waals surface area contributed by atoms with E-state index < -0.39 is 24.2 Å². The molecule has 2 amide bonds. The Morgan fingerprint density at radius 3 is 2.62 bits per heavy atom. The number of ether oxygens (including phenoxy) is 2. The molecule has 0 aliphatic carbocycles. The average molecular weight is 345 g/mol. The fourth-order valence-corrected chi connectivity index (χ4v) is 1.70. The largest absolute Gasteiger partial charge is 0.465 e. The van der Waals surface area contributed by atoms with E-state index >= 15 is 0 Å². The number of hydrogen-bond donors (Lipinski definition) is 3. The smallest absolute Gasteiger partial charge is 0.407 e. The molecule has 11 heteroatoms. The first-order valence-corrected chi connectivity index (χ1v) is 7.58. The third kappa shape index (κ3) is 11.9. The van der Waals surface area contributed by atoms with Crippen LogP contribution >= 0.6 is 0 Å². The highest BCUT2D eigenvalue weighted by Crippen LogP contribution is 2.03. The summed E-state index contributed by atoms with van der Waals surface area (Å²) in [4.78, 5) is 36.1. The van der Waals surface area contributed by atoms with Crippen molar-refractivity contribution < 1.29 is 29.0 Å². The molecule has 0 spiro atoms. The predicted octanol–water partition coefficient (Wildman–Crippen LogP) is 1.78. The molecular formula is C13H23N5O6. The van der Waals surface area contributed by atoms with Crippen molar-refractivity contribution in [1.29, 1.82) is 0 Å². The first kappa shape index (κ1) is 21.3. The van der Waals surface area contributed by atoms with Crippen LogP contribution < -0.4 is 10.6 Å². The lowest BCUT2D eigenvalue weighted by Crippen LogP contribution is -2.41. The number of hydrogen-bond acceptors (Lipinski definition) is 6. The maximum Gasteiger partial charge on any atom is 0.407 e. The Balaban J connectivity index is 3.83. The van der Waals surface area contributed by atoms with E-state index in [2.05, 4.69) is 20.7 Å². The van der Waals surface area contributed by atoms with Crippen molar-refractivity contribution in [2.24, 2.45) is 5.11 Å². The number of rotatable bonds is 12. The van der Waals surface area contributed by atoms with Gasteiger partial charge < -0.3 is 25.2 Å². The van der Waals surface area contributed by atoms with Crippen LogP contribution in [0.2, 0.25) is 0 Å². The molecule has 11 nitrogen and oxygen atoms in total. The summed E-state index contributed by atoms with van der Waals surface area (Å²) in [6.07, 6.45) is -0.100. The first-order chi connectivity index (χ1) is 11.5. The molecule has 0 saturated carbocycles. The molecule has 0 aliphatic heterocycles. The quantitative estimate of drug-likeness (QED) is 0.160. The Labute approximate surface area is 139 Å². The van der Waals surface area contributed by atoms with Gasteiger partial charge in [-0.25, -0.2) is 14.4 Å². The van der Waals surface area contributed by atoms with E-state index in [1.54, 1.807) is 6.92 Å². The molecule has 0 aliphatic rings. The second-order valence-corrected chi connectivity index (χ2v) is 4.62. The summed E-state index contributed by atoms with van der Waals surface area (Å²) >= 11 is 0. The summed E-state index contributed by atoms with van der Waals surface area (Å²) < 4.78 is 9.63. The second-order valence-electron chi connectivity index (χ2n) is 4.62. The maximum atomic E-state index is 11.6. The summed E-state index contributed by atoms with van der Waals surface area (Å²) in [7, 11) is 0. The minimum atomic E-state index is -1.30. The Hall–Kier alpha value is -2.68. The Morgan fingerprint density at radius 1 is 1.25 bits per heavy atom. The molecule has 24 heavy (non-hydrogen) atoms. The van der Waals surface area contributed by atoms with Crippen molar-refractivity contribution >= 4 is 18.2 Å². The lowest BCUT2D eigenvalue weighted by molar-refractivity contribution is -0.145. The summed E-state index contributed by atoms with van der Waals surface area (Å²) in [5, 5.41) is 16.6. The van der Waals surface area contributed by atoms with Crippen molar-refractivity contribution in [3.8, 4) is 0 Å². The van der Waals surface area contributed by atoms with Crippen molar-refractivity contribution in [2.45, 2.75) is 38.6 Å². The molecule has 0 aromatic carbocycles. The molecule has 3 N–H and O–H groups in total. The van der Waals surface area contributed by atoms with Crippen LogP contribution in [0, 0.1) is 0 Å². The Kier molecular flexibility index (Phi) is 12.4. The van der Waals surface area contributed by atoms with E-state index in [0.717, 1.165) is 0 Å². The van der Waals surface area contributed by atoms with Gasteiger partial charge in [-0.2, -0.15) is 0 Å². The number of nitrogens with zero attached hydrogens (tertiary/aromatic N) is 3. The van der Waals surface area contributed by atoms with Gasteiger partial charge >= 0.3 is 18.2 Å². The number of carboxylic acid groups (broad SMARTS) is 1. The van der Waals surface area contributed by atoms with Gasteiger partial charge in [-0.15, -0.1) is 0 Å². The van der Waals surface area contributed by atoms with E-state index in [-0.39, 0.29) is 26.2 Å². The predicted molar refractivity (Wildman–Crippen MR) is 83.4 cm³/mol. The van der Waals surface area contributed by atoms with Crippen LogP contribution in [-0.2, 0) is 14.3 Å². The molecule has 0 fully saturated rings. The highest BCUT2D eigenvalue weighted by atomic mass is 16.5. The number of unbranched alkanes of at least 4 members (excludes halogenated alkanes) is 1. The molecule has 0 saturated heterocycles. The van der Waals surface area contributed by atoms with Gasteiger partial charge in [0.05, 0.1) is 13.2 Å². The van der Waals surface area contributed by atoms with Gasteiger partial charge in [0.15, 0.2) is 0 Å². The van der Waals surface area contributed by atoms with Gasteiger partial charge in [0.1, 0.15) is 6.04 Å². The number of amides is 2. The summed E-state index contributed by atoms with van der Waals surface area (Å²) in [6.45, 7) is 2.55. The molecule has 136 valence electrons. The van der Waals surface area contributed by atoms with Crippen molar-refractivity contribution in [2.75, 3.05) is 26.3 Å². The molecule has 1 atom stereocenters. The van der Waals surface area contributed by atoms with Gasteiger partial charge in [-0.3, -0.25) is 0 Å². The monoisotopic (exact) mass is 345 g/mol. The number of alkyl carbamates (subject to hydrolysis) is 1. The minimum absolute atomic E-state index is 0.151. The van der Waals surface area contributed by atoms with Crippen LogP contribution in [0.5, 0.6) is 0 Å². The van der Waals surface area contributed by atoms with Crippen molar-refractivity contribution in [1.82, 2.24) is 10.6 Å². The summed E-state index contributed by atoms with van der Waals surface area (Å²) in [6, 6.07) is -0.921. The van der Waals surface area contributed by atoms with Crippen LogP contribution in [0.15, 0.2) is 5.11 Å². The summed E-state index contributed by atoms with van der Waals surface area (Å²) in [5.41, 5.74) is 8.07. The molecule has 0 unspecified atom stereocenters. The van der Waals surface area contributed by atoms with Gasteiger partial charge in [0.25, 0.3) is 0 Å². The number of nitrogens with one attached hydrogen (secondary N) is 2. The normalized spacial score (nSPS) is 10.9. The molecule has 0 aromatic heterocycles. The Morgan fingerprint density at radius 2 is 2.00 bits per heavy atom. The van der Waals surface area contributed by atoms with E-state index in [0.29, 0.717) is 25.8 Å². The van der Waals surface area contributed by atoms with Crippen LogP contribution in [0.25, 0.3) is 10.4 Å². The van der Waals surface area contributed by atoms with Crippen LogP contribution in [0.3, 0.4) is 0 Å².